The van der Waals surface area contributed by atoms with E-state index < -0.39 is 9.84 Å². The van der Waals surface area contributed by atoms with Gasteiger partial charge in [-0.3, -0.25) is 4.79 Å². The molecule has 6 heteroatoms. The van der Waals surface area contributed by atoms with Crippen molar-refractivity contribution in [2.45, 2.75) is 31.2 Å². The summed E-state index contributed by atoms with van der Waals surface area (Å²) in [6.45, 7) is 2.91. The Labute approximate surface area is 120 Å². The van der Waals surface area contributed by atoms with Crippen molar-refractivity contribution in [3.63, 3.8) is 0 Å². The number of carbonyl (C=O) groups excluding carboxylic acids is 1. The highest BCUT2D eigenvalue weighted by Crippen LogP contribution is 2.10. The highest BCUT2D eigenvalue weighted by Gasteiger charge is 2.10. The average molecular weight is 298 g/mol. The fraction of sp³-hybridized carbons (Fsp3) is 0.500. The van der Waals surface area contributed by atoms with Crippen molar-refractivity contribution in [2.75, 3.05) is 12.8 Å². The maximum Gasteiger partial charge on any atom is 0.220 e. The van der Waals surface area contributed by atoms with E-state index in [0.29, 0.717) is 19.5 Å². The molecule has 0 saturated heterocycles. The first-order valence-corrected chi connectivity index (χ1v) is 8.51. The zero-order valence-electron chi connectivity index (χ0n) is 11.9. The van der Waals surface area contributed by atoms with Crippen molar-refractivity contribution in [3.05, 3.63) is 29.8 Å². The maximum absolute atomic E-state index is 11.7. The smallest absolute Gasteiger partial charge is 0.220 e. The molecule has 3 N–H and O–H groups in total. The van der Waals surface area contributed by atoms with Crippen LogP contribution in [0.25, 0.3) is 0 Å². The fourth-order valence-electron chi connectivity index (χ4n) is 1.78. The zero-order valence-corrected chi connectivity index (χ0v) is 12.7. The number of amides is 1. The largest absolute Gasteiger partial charge is 0.352 e. The number of benzene rings is 1. The van der Waals surface area contributed by atoms with Gasteiger partial charge in [0.15, 0.2) is 9.84 Å². The Morgan fingerprint density at radius 3 is 2.35 bits per heavy atom. The quantitative estimate of drug-likeness (QED) is 0.788. The lowest BCUT2D eigenvalue weighted by atomic mass is 10.0. The summed E-state index contributed by atoms with van der Waals surface area (Å²) in [7, 11) is -3.17. The van der Waals surface area contributed by atoms with Crippen LogP contribution in [-0.2, 0) is 21.2 Å². The minimum Gasteiger partial charge on any atom is -0.352 e. The second kappa shape index (κ2) is 7.40. The summed E-state index contributed by atoms with van der Waals surface area (Å²) in [4.78, 5) is 12.0. The fourth-order valence-corrected chi connectivity index (χ4v) is 2.41. The van der Waals surface area contributed by atoms with Crippen LogP contribution in [0, 0.1) is 5.92 Å². The first kappa shape index (κ1) is 16.7. The molecule has 0 aliphatic heterocycles. The molecule has 0 aliphatic carbocycles. The van der Waals surface area contributed by atoms with E-state index >= 15 is 0 Å². The van der Waals surface area contributed by atoms with Crippen molar-refractivity contribution in [2.24, 2.45) is 11.7 Å². The lowest BCUT2D eigenvalue weighted by Gasteiger charge is -2.12. The third-order valence-electron chi connectivity index (χ3n) is 3.23. The molecule has 0 aliphatic rings. The topological polar surface area (TPSA) is 89.3 Å². The van der Waals surface area contributed by atoms with Gasteiger partial charge in [0, 0.05) is 19.2 Å². The number of nitrogens with two attached hydrogens (primary N) is 1. The summed E-state index contributed by atoms with van der Waals surface area (Å²) in [6.07, 6.45) is 2.48. The van der Waals surface area contributed by atoms with E-state index in [9.17, 15) is 13.2 Å². The van der Waals surface area contributed by atoms with Crippen LogP contribution >= 0.6 is 0 Å². The Morgan fingerprint density at radius 1 is 1.30 bits per heavy atom. The van der Waals surface area contributed by atoms with E-state index in [1.165, 1.54) is 6.26 Å². The molecule has 0 radical (unpaired) electrons. The summed E-state index contributed by atoms with van der Waals surface area (Å²) in [5.74, 6) is 0.178. The molecule has 0 saturated carbocycles. The van der Waals surface area contributed by atoms with Crippen molar-refractivity contribution < 1.29 is 13.2 Å². The molecule has 0 bridgehead atoms. The van der Waals surface area contributed by atoms with Gasteiger partial charge in [0.05, 0.1) is 4.90 Å². The molecule has 1 unspecified atom stereocenters. The van der Waals surface area contributed by atoms with Crippen LogP contribution in [0.2, 0.25) is 0 Å². The Bertz CT molecular complexity index is 534. The van der Waals surface area contributed by atoms with Crippen LogP contribution in [0.15, 0.2) is 29.2 Å². The SMILES string of the molecule is CCC(CN)CC(=O)NCc1ccc(S(C)(=O)=O)cc1. The van der Waals surface area contributed by atoms with Crippen molar-refractivity contribution >= 4 is 15.7 Å². The molecule has 0 spiro atoms. The predicted octanol–water partition coefficient (Wildman–Crippen LogP) is 1.08. The first-order valence-electron chi connectivity index (χ1n) is 6.62. The molecule has 1 aromatic rings. The normalized spacial score (nSPS) is 12.9. The monoisotopic (exact) mass is 298 g/mol. The summed E-state index contributed by atoms with van der Waals surface area (Å²) in [5.41, 5.74) is 6.43. The third kappa shape index (κ3) is 5.30. The van der Waals surface area contributed by atoms with E-state index in [4.69, 9.17) is 5.73 Å². The van der Waals surface area contributed by atoms with Gasteiger partial charge in [-0.2, -0.15) is 0 Å². The van der Waals surface area contributed by atoms with Crippen LogP contribution in [-0.4, -0.2) is 27.1 Å². The first-order chi connectivity index (χ1) is 9.36. The molecule has 1 amide bonds. The summed E-state index contributed by atoms with van der Waals surface area (Å²) >= 11 is 0. The van der Waals surface area contributed by atoms with Crippen LogP contribution in [0.5, 0.6) is 0 Å². The molecular formula is C14H22N2O3S. The molecule has 0 aromatic heterocycles. The van der Waals surface area contributed by atoms with Gasteiger partial charge in [-0.25, -0.2) is 8.42 Å². The average Bonchev–Trinajstić information content (AvgIpc) is 2.42. The Morgan fingerprint density at radius 2 is 1.90 bits per heavy atom. The molecule has 0 heterocycles. The van der Waals surface area contributed by atoms with Crippen LogP contribution in [0.1, 0.15) is 25.3 Å². The minimum absolute atomic E-state index is 0.0329. The molecule has 0 fully saturated rings. The van der Waals surface area contributed by atoms with Gasteiger partial charge in [0.2, 0.25) is 5.91 Å². The lowest BCUT2D eigenvalue weighted by molar-refractivity contribution is -0.122. The van der Waals surface area contributed by atoms with Crippen LogP contribution in [0.4, 0.5) is 0 Å². The van der Waals surface area contributed by atoms with E-state index in [-0.39, 0.29) is 16.7 Å². The number of nitrogens with one attached hydrogen (secondary N) is 1. The number of sulfone groups is 1. The van der Waals surface area contributed by atoms with Crippen LogP contribution in [0.3, 0.4) is 0 Å². The van der Waals surface area contributed by atoms with Crippen molar-refractivity contribution in [1.82, 2.24) is 5.32 Å². The molecule has 20 heavy (non-hydrogen) atoms. The van der Waals surface area contributed by atoms with E-state index in [2.05, 4.69) is 5.32 Å². The van der Waals surface area contributed by atoms with Gasteiger partial charge in [0.1, 0.15) is 0 Å². The van der Waals surface area contributed by atoms with Gasteiger partial charge < -0.3 is 11.1 Å². The van der Waals surface area contributed by atoms with Gasteiger partial charge in [-0.05, 0) is 30.2 Å². The van der Waals surface area contributed by atoms with Gasteiger partial charge in [-0.15, -0.1) is 0 Å². The Balaban J connectivity index is 2.52. The Kier molecular flexibility index (Phi) is 6.16. The van der Waals surface area contributed by atoms with E-state index in [1.54, 1.807) is 24.3 Å². The third-order valence-corrected chi connectivity index (χ3v) is 4.35. The van der Waals surface area contributed by atoms with Crippen LogP contribution < -0.4 is 11.1 Å². The number of rotatable bonds is 7. The second-order valence-electron chi connectivity index (χ2n) is 4.91. The molecule has 1 rings (SSSR count). The van der Waals surface area contributed by atoms with E-state index in [0.717, 1.165) is 12.0 Å². The summed E-state index contributed by atoms with van der Waals surface area (Å²) < 4.78 is 22.6. The lowest BCUT2D eigenvalue weighted by Crippen LogP contribution is -2.27. The Hall–Kier alpha value is -1.40. The zero-order chi connectivity index (χ0) is 15.2. The minimum atomic E-state index is -3.17. The molecule has 1 aromatic carbocycles. The number of hydrogen-bond acceptors (Lipinski definition) is 4. The summed E-state index contributed by atoms with van der Waals surface area (Å²) in [5, 5.41) is 2.81. The molecule has 112 valence electrons. The number of carbonyl (C=O) groups is 1. The van der Waals surface area contributed by atoms with E-state index in [1.807, 2.05) is 6.92 Å². The van der Waals surface area contributed by atoms with Gasteiger partial charge >= 0.3 is 0 Å². The highest BCUT2D eigenvalue weighted by molar-refractivity contribution is 7.90. The molecular weight excluding hydrogens is 276 g/mol. The van der Waals surface area contributed by atoms with Gasteiger partial charge in [-0.1, -0.05) is 25.5 Å². The standard InChI is InChI=1S/C14H22N2O3S/c1-3-11(9-15)8-14(17)16-10-12-4-6-13(7-5-12)20(2,18)19/h4-7,11H,3,8-10,15H2,1-2H3,(H,16,17). The highest BCUT2D eigenvalue weighted by atomic mass is 32.2. The van der Waals surface area contributed by atoms with Gasteiger partial charge in [0.25, 0.3) is 0 Å². The number of hydrogen-bond donors (Lipinski definition) is 2. The van der Waals surface area contributed by atoms with Crippen molar-refractivity contribution in [1.29, 1.82) is 0 Å². The predicted molar refractivity (Wildman–Crippen MR) is 78.9 cm³/mol. The maximum atomic E-state index is 11.7. The second-order valence-corrected chi connectivity index (χ2v) is 6.92. The molecule has 5 nitrogen and oxygen atoms in total. The molecule has 1 atom stereocenters. The van der Waals surface area contributed by atoms with Crippen molar-refractivity contribution in [3.8, 4) is 0 Å². The summed E-state index contributed by atoms with van der Waals surface area (Å²) in [6, 6.07) is 6.50.